The number of rotatable bonds is 7. The number of aliphatic hydroxyl groups is 1. The highest BCUT2D eigenvalue weighted by molar-refractivity contribution is 5.80. The van der Waals surface area contributed by atoms with E-state index < -0.39 is 11.9 Å². The quantitative estimate of drug-likeness (QED) is 0.744. The van der Waals surface area contributed by atoms with Gasteiger partial charge in [0.25, 0.3) is 5.91 Å². The number of benzene rings is 1. The van der Waals surface area contributed by atoms with Crippen LogP contribution < -0.4 is 10.1 Å². The highest BCUT2D eigenvalue weighted by Crippen LogP contribution is 2.23. The number of halogens is 1. The van der Waals surface area contributed by atoms with Crippen LogP contribution in [-0.4, -0.2) is 23.7 Å². The lowest BCUT2D eigenvalue weighted by Crippen LogP contribution is -2.37. The molecule has 1 unspecified atom stereocenters. The van der Waals surface area contributed by atoms with Crippen LogP contribution >= 0.6 is 0 Å². The van der Waals surface area contributed by atoms with Crippen LogP contribution in [0.2, 0.25) is 0 Å². The highest BCUT2D eigenvalue weighted by atomic mass is 19.1. The molecule has 1 amide bonds. The van der Waals surface area contributed by atoms with Crippen molar-refractivity contribution >= 4 is 5.91 Å². The van der Waals surface area contributed by atoms with E-state index in [0.717, 1.165) is 12.8 Å². The number of para-hydroxylation sites is 1. The number of carbonyl (C=O) groups excluding carboxylic acids is 1. The number of amides is 1. The third-order valence-corrected chi connectivity index (χ3v) is 2.71. The molecule has 0 aromatic heterocycles. The molecule has 1 atom stereocenters. The number of aliphatic hydroxyl groups excluding tert-OH is 1. The number of hydrogen-bond acceptors (Lipinski definition) is 3. The molecule has 1 rings (SSSR count). The number of nitrogens with one attached hydrogen (secondary N) is 1. The molecule has 0 aliphatic heterocycles. The predicted molar refractivity (Wildman–Crippen MR) is 70.3 cm³/mol. The van der Waals surface area contributed by atoms with Crippen LogP contribution in [0.1, 0.15) is 32.3 Å². The molecule has 2 N–H and O–H groups in total. The van der Waals surface area contributed by atoms with Gasteiger partial charge in [-0.3, -0.25) is 4.79 Å². The van der Waals surface area contributed by atoms with Crippen molar-refractivity contribution in [2.75, 3.05) is 6.54 Å². The second-order valence-corrected chi connectivity index (χ2v) is 4.29. The van der Waals surface area contributed by atoms with Crippen molar-refractivity contribution in [1.82, 2.24) is 5.32 Å². The van der Waals surface area contributed by atoms with Gasteiger partial charge in [0, 0.05) is 12.1 Å². The highest BCUT2D eigenvalue weighted by Gasteiger charge is 2.18. The molecule has 0 bridgehead atoms. The molecule has 1 aromatic rings. The molecular formula is C14H20FNO3. The van der Waals surface area contributed by atoms with Crippen LogP contribution in [0, 0.1) is 5.82 Å². The monoisotopic (exact) mass is 269 g/mol. The van der Waals surface area contributed by atoms with Crippen LogP contribution in [0.3, 0.4) is 0 Å². The van der Waals surface area contributed by atoms with Gasteiger partial charge in [-0.15, -0.1) is 0 Å². The summed E-state index contributed by atoms with van der Waals surface area (Å²) in [5.41, 5.74) is 0.327. The smallest absolute Gasteiger partial charge is 0.260 e. The Kier molecular flexibility index (Phi) is 6.29. The first kappa shape index (κ1) is 15.4. The van der Waals surface area contributed by atoms with E-state index in [1.807, 2.05) is 6.92 Å². The minimum absolute atomic E-state index is 0.0665. The summed E-state index contributed by atoms with van der Waals surface area (Å²) in [6.07, 6.45) is 1.07. The van der Waals surface area contributed by atoms with E-state index in [1.165, 1.54) is 12.1 Å². The van der Waals surface area contributed by atoms with Crippen molar-refractivity contribution in [1.29, 1.82) is 0 Å². The Morgan fingerprint density at radius 3 is 2.89 bits per heavy atom. The first-order chi connectivity index (χ1) is 9.10. The van der Waals surface area contributed by atoms with Crippen molar-refractivity contribution in [2.24, 2.45) is 0 Å². The number of carbonyl (C=O) groups is 1. The second kappa shape index (κ2) is 7.74. The average Bonchev–Trinajstić information content (AvgIpc) is 2.41. The molecule has 4 nitrogen and oxygen atoms in total. The third kappa shape index (κ3) is 4.52. The van der Waals surface area contributed by atoms with Crippen molar-refractivity contribution < 1.29 is 19.0 Å². The Balaban J connectivity index is 2.66. The summed E-state index contributed by atoms with van der Waals surface area (Å²) in [6.45, 7) is 3.82. The lowest BCUT2D eigenvalue weighted by Gasteiger charge is -2.17. The number of unbranched alkanes of at least 4 members (excludes halogenated alkanes) is 1. The molecule has 0 radical (unpaired) electrons. The second-order valence-electron chi connectivity index (χ2n) is 4.29. The summed E-state index contributed by atoms with van der Waals surface area (Å²) in [7, 11) is 0. The van der Waals surface area contributed by atoms with Crippen molar-refractivity contribution in [3.8, 4) is 5.75 Å². The maximum Gasteiger partial charge on any atom is 0.260 e. The van der Waals surface area contributed by atoms with E-state index in [2.05, 4.69) is 5.32 Å². The maximum absolute atomic E-state index is 13.6. The average molecular weight is 269 g/mol. The van der Waals surface area contributed by atoms with Gasteiger partial charge in [-0.1, -0.05) is 25.5 Å². The summed E-state index contributed by atoms with van der Waals surface area (Å²) < 4.78 is 18.9. The molecule has 0 heterocycles. The number of ether oxygens (including phenoxy) is 1. The van der Waals surface area contributed by atoms with E-state index in [9.17, 15) is 9.18 Å². The fourth-order valence-electron chi connectivity index (χ4n) is 1.57. The van der Waals surface area contributed by atoms with Crippen LogP contribution in [0.25, 0.3) is 0 Å². The molecule has 0 aliphatic carbocycles. The summed E-state index contributed by atoms with van der Waals surface area (Å²) in [6, 6.07) is 4.27. The van der Waals surface area contributed by atoms with E-state index >= 15 is 0 Å². The first-order valence-corrected chi connectivity index (χ1v) is 6.42. The predicted octanol–water partition coefficient (Wildman–Crippen LogP) is 2.00. The topological polar surface area (TPSA) is 58.6 Å². The molecule has 106 valence electrons. The van der Waals surface area contributed by atoms with Crippen LogP contribution in [0.15, 0.2) is 18.2 Å². The molecule has 0 fully saturated rings. The zero-order chi connectivity index (χ0) is 14.3. The van der Waals surface area contributed by atoms with Gasteiger partial charge in [-0.25, -0.2) is 4.39 Å². The molecule has 0 aliphatic rings. The van der Waals surface area contributed by atoms with E-state index in [1.54, 1.807) is 13.0 Å². The number of hydrogen-bond donors (Lipinski definition) is 2. The minimum Gasteiger partial charge on any atom is -0.477 e. The van der Waals surface area contributed by atoms with Gasteiger partial charge in [0.1, 0.15) is 0 Å². The summed E-state index contributed by atoms with van der Waals surface area (Å²) >= 11 is 0. The molecule has 5 heteroatoms. The lowest BCUT2D eigenvalue weighted by atomic mass is 10.2. The van der Waals surface area contributed by atoms with E-state index in [0.29, 0.717) is 12.1 Å². The van der Waals surface area contributed by atoms with Crippen molar-refractivity contribution in [3.63, 3.8) is 0 Å². The van der Waals surface area contributed by atoms with Gasteiger partial charge < -0.3 is 15.2 Å². The molecule has 19 heavy (non-hydrogen) atoms. The molecule has 0 spiro atoms. The van der Waals surface area contributed by atoms with Gasteiger partial charge >= 0.3 is 0 Å². The van der Waals surface area contributed by atoms with Crippen molar-refractivity contribution in [2.45, 2.75) is 39.4 Å². The van der Waals surface area contributed by atoms with Crippen LogP contribution in [-0.2, 0) is 11.4 Å². The van der Waals surface area contributed by atoms with Crippen LogP contribution in [0.4, 0.5) is 4.39 Å². The van der Waals surface area contributed by atoms with Gasteiger partial charge in [0.15, 0.2) is 17.7 Å². The fraction of sp³-hybridized carbons (Fsp3) is 0.500. The molecular weight excluding hydrogens is 249 g/mol. The van der Waals surface area contributed by atoms with Gasteiger partial charge in [0.05, 0.1) is 6.61 Å². The Morgan fingerprint density at radius 2 is 2.26 bits per heavy atom. The Labute approximate surface area is 112 Å². The van der Waals surface area contributed by atoms with Gasteiger partial charge in [-0.05, 0) is 19.4 Å². The Bertz CT molecular complexity index is 423. The normalized spacial score (nSPS) is 12.0. The molecule has 0 saturated carbocycles. The maximum atomic E-state index is 13.6. The summed E-state index contributed by atoms with van der Waals surface area (Å²) in [5, 5.41) is 11.8. The largest absolute Gasteiger partial charge is 0.477 e. The van der Waals surface area contributed by atoms with Gasteiger partial charge in [-0.2, -0.15) is 0 Å². The lowest BCUT2D eigenvalue weighted by molar-refractivity contribution is -0.127. The summed E-state index contributed by atoms with van der Waals surface area (Å²) in [5.74, 6) is -0.941. The van der Waals surface area contributed by atoms with Crippen LogP contribution in [0.5, 0.6) is 5.75 Å². The van der Waals surface area contributed by atoms with E-state index in [-0.39, 0.29) is 18.3 Å². The Hall–Kier alpha value is -1.62. The van der Waals surface area contributed by atoms with E-state index in [4.69, 9.17) is 9.84 Å². The Morgan fingerprint density at radius 1 is 1.53 bits per heavy atom. The summed E-state index contributed by atoms with van der Waals surface area (Å²) in [4.78, 5) is 11.7. The minimum atomic E-state index is -0.806. The zero-order valence-electron chi connectivity index (χ0n) is 11.3. The molecule has 1 aromatic carbocycles. The zero-order valence-corrected chi connectivity index (χ0v) is 11.3. The van der Waals surface area contributed by atoms with Gasteiger partial charge in [0.2, 0.25) is 0 Å². The molecule has 0 saturated heterocycles. The van der Waals surface area contributed by atoms with Crippen molar-refractivity contribution in [3.05, 3.63) is 29.6 Å². The SMILES string of the molecule is CCCCNC(=O)C(C)Oc1c(F)cccc1CO. The third-order valence-electron chi connectivity index (χ3n) is 2.71. The standard InChI is InChI=1S/C14H20FNO3/c1-3-4-8-16-14(18)10(2)19-13-11(9-17)6-5-7-12(13)15/h5-7,10,17H,3-4,8-9H2,1-2H3,(H,16,18). The first-order valence-electron chi connectivity index (χ1n) is 6.42. The fourth-order valence-corrected chi connectivity index (χ4v) is 1.57.